The molecule has 1 amide bonds. The molecule has 0 fully saturated rings. The standard InChI is InChI=1S/C19H34N6O4S/c1-7-21-16(23-14-19(5,6)25-17(26)29-18(2,3)4)22-11-12-24-30(27,28)15-9-8-10-20-13-15/h8-10,13,24H,7,11-12,14H2,1-6H3,(H,25,26)(H2,21,22,23). The number of pyridine rings is 1. The zero-order valence-electron chi connectivity index (χ0n) is 18.6. The molecule has 0 saturated heterocycles. The van der Waals surface area contributed by atoms with Gasteiger partial charge in [0.2, 0.25) is 10.0 Å². The molecule has 1 rings (SSSR count). The van der Waals surface area contributed by atoms with Gasteiger partial charge < -0.3 is 20.7 Å². The third-order valence-electron chi connectivity index (χ3n) is 3.47. The summed E-state index contributed by atoms with van der Waals surface area (Å²) in [4.78, 5) is 20.4. The summed E-state index contributed by atoms with van der Waals surface area (Å²) >= 11 is 0. The van der Waals surface area contributed by atoms with E-state index < -0.39 is 27.3 Å². The molecule has 0 aliphatic rings. The number of carbonyl (C=O) groups excluding carboxylic acids is 1. The molecule has 11 heteroatoms. The van der Waals surface area contributed by atoms with Gasteiger partial charge in [0.05, 0.1) is 12.1 Å². The van der Waals surface area contributed by atoms with Gasteiger partial charge in [-0.1, -0.05) is 0 Å². The topological polar surface area (TPSA) is 134 Å². The van der Waals surface area contributed by atoms with Crippen molar-refractivity contribution in [2.45, 2.75) is 57.6 Å². The summed E-state index contributed by atoms with van der Waals surface area (Å²) in [7, 11) is -3.61. The molecule has 1 aromatic heterocycles. The van der Waals surface area contributed by atoms with E-state index in [9.17, 15) is 13.2 Å². The molecule has 0 aromatic carbocycles. The third-order valence-corrected chi connectivity index (χ3v) is 4.92. The van der Waals surface area contributed by atoms with Crippen LogP contribution < -0.4 is 20.7 Å². The molecule has 0 radical (unpaired) electrons. The van der Waals surface area contributed by atoms with Crippen molar-refractivity contribution in [2.75, 3.05) is 26.2 Å². The molecule has 170 valence electrons. The van der Waals surface area contributed by atoms with Crippen LogP contribution in [-0.4, -0.2) is 62.8 Å². The highest BCUT2D eigenvalue weighted by Gasteiger charge is 2.24. The van der Waals surface area contributed by atoms with Crippen molar-refractivity contribution in [1.82, 2.24) is 25.7 Å². The van der Waals surface area contributed by atoms with Gasteiger partial charge in [0.1, 0.15) is 10.5 Å². The first-order chi connectivity index (χ1) is 13.8. The predicted molar refractivity (Wildman–Crippen MR) is 117 cm³/mol. The minimum Gasteiger partial charge on any atom is -0.444 e. The van der Waals surface area contributed by atoms with Crippen LogP contribution in [0.1, 0.15) is 41.5 Å². The first-order valence-electron chi connectivity index (χ1n) is 9.78. The van der Waals surface area contributed by atoms with Crippen LogP contribution in [0.3, 0.4) is 0 Å². The number of hydrogen-bond acceptors (Lipinski definition) is 6. The normalized spacial score (nSPS) is 12.9. The number of hydrogen-bond donors (Lipinski definition) is 4. The van der Waals surface area contributed by atoms with Gasteiger partial charge in [-0.25, -0.2) is 17.9 Å². The van der Waals surface area contributed by atoms with Gasteiger partial charge in [-0.15, -0.1) is 0 Å². The molecular weight excluding hydrogens is 408 g/mol. The predicted octanol–water partition coefficient (Wildman–Crippen LogP) is 1.22. The Hall–Kier alpha value is -2.40. The average molecular weight is 443 g/mol. The van der Waals surface area contributed by atoms with Crippen LogP contribution in [0, 0.1) is 0 Å². The number of carbonyl (C=O) groups is 1. The lowest BCUT2D eigenvalue weighted by Crippen LogP contribution is -2.49. The Bertz CT molecular complexity index is 804. The van der Waals surface area contributed by atoms with Crippen LogP contribution >= 0.6 is 0 Å². The van der Waals surface area contributed by atoms with Crippen molar-refractivity contribution in [3.63, 3.8) is 0 Å². The lowest BCUT2D eigenvalue weighted by molar-refractivity contribution is 0.0476. The maximum atomic E-state index is 12.2. The number of guanidine groups is 1. The number of nitrogens with one attached hydrogen (secondary N) is 4. The summed E-state index contributed by atoms with van der Waals surface area (Å²) in [6.07, 6.45) is 2.30. The summed E-state index contributed by atoms with van der Waals surface area (Å²) in [5.74, 6) is 0.511. The molecule has 0 unspecified atom stereocenters. The van der Waals surface area contributed by atoms with Gasteiger partial charge in [-0.3, -0.25) is 9.98 Å². The fourth-order valence-electron chi connectivity index (χ4n) is 2.19. The molecule has 30 heavy (non-hydrogen) atoms. The molecule has 0 aliphatic heterocycles. The Balaban J connectivity index is 2.56. The number of sulfonamides is 1. The lowest BCUT2D eigenvalue weighted by atomic mass is 10.1. The van der Waals surface area contributed by atoms with Gasteiger partial charge in [0.25, 0.3) is 0 Å². The summed E-state index contributed by atoms with van der Waals surface area (Å²) in [5.41, 5.74) is -1.21. The van der Waals surface area contributed by atoms with E-state index in [-0.39, 0.29) is 11.4 Å². The van der Waals surface area contributed by atoms with Crippen molar-refractivity contribution >= 4 is 22.1 Å². The van der Waals surface area contributed by atoms with Crippen LogP contribution in [0.4, 0.5) is 4.79 Å². The number of aromatic nitrogens is 1. The average Bonchev–Trinajstić information content (AvgIpc) is 2.61. The summed E-state index contributed by atoms with van der Waals surface area (Å²) in [5, 5.41) is 8.94. The molecule has 0 aliphatic carbocycles. The molecule has 0 bridgehead atoms. The second-order valence-electron chi connectivity index (χ2n) is 8.22. The van der Waals surface area contributed by atoms with Gasteiger partial charge >= 0.3 is 6.09 Å². The van der Waals surface area contributed by atoms with E-state index in [1.54, 1.807) is 26.8 Å². The number of nitrogens with zero attached hydrogens (tertiary/aromatic N) is 2. The van der Waals surface area contributed by atoms with E-state index in [1.165, 1.54) is 18.5 Å². The van der Waals surface area contributed by atoms with Gasteiger partial charge in [0.15, 0.2) is 5.96 Å². The summed E-state index contributed by atoms with van der Waals surface area (Å²) in [6.45, 7) is 12.4. The maximum Gasteiger partial charge on any atom is 0.408 e. The lowest BCUT2D eigenvalue weighted by Gasteiger charge is -2.27. The van der Waals surface area contributed by atoms with Crippen molar-refractivity contribution in [1.29, 1.82) is 0 Å². The molecule has 0 saturated carbocycles. The molecule has 0 spiro atoms. The Morgan fingerprint density at radius 3 is 2.43 bits per heavy atom. The van der Waals surface area contributed by atoms with Crippen LogP contribution in [0.2, 0.25) is 0 Å². The van der Waals surface area contributed by atoms with Crippen LogP contribution in [0.15, 0.2) is 34.4 Å². The quantitative estimate of drug-likeness (QED) is 0.257. The number of ether oxygens (including phenoxy) is 1. The molecule has 1 aromatic rings. The Morgan fingerprint density at radius 2 is 1.87 bits per heavy atom. The summed E-state index contributed by atoms with van der Waals surface area (Å²) < 4.78 is 32.2. The van der Waals surface area contributed by atoms with E-state index >= 15 is 0 Å². The maximum absolute atomic E-state index is 12.2. The highest BCUT2D eigenvalue weighted by molar-refractivity contribution is 7.89. The summed E-state index contributed by atoms with van der Waals surface area (Å²) in [6, 6.07) is 3.05. The van der Waals surface area contributed by atoms with Gasteiger partial charge in [-0.2, -0.15) is 0 Å². The van der Waals surface area contributed by atoms with Crippen molar-refractivity contribution in [2.24, 2.45) is 4.99 Å². The van der Waals surface area contributed by atoms with Crippen molar-refractivity contribution in [3.05, 3.63) is 24.5 Å². The Kier molecular flexibility index (Phi) is 9.50. The molecule has 1 heterocycles. The Labute approximate surface area is 179 Å². The van der Waals surface area contributed by atoms with E-state index in [2.05, 4.69) is 30.6 Å². The van der Waals surface area contributed by atoms with E-state index in [4.69, 9.17) is 4.74 Å². The minimum absolute atomic E-state index is 0.112. The fourth-order valence-corrected chi connectivity index (χ4v) is 3.19. The van der Waals surface area contributed by atoms with Crippen LogP contribution in [0.25, 0.3) is 0 Å². The largest absolute Gasteiger partial charge is 0.444 e. The highest BCUT2D eigenvalue weighted by atomic mass is 32.2. The monoisotopic (exact) mass is 442 g/mol. The minimum atomic E-state index is -3.61. The second kappa shape index (κ2) is 11.1. The molecule has 10 nitrogen and oxygen atoms in total. The number of rotatable bonds is 9. The van der Waals surface area contributed by atoms with E-state index in [0.717, 1.165) is 0 Å². The number of amides is 1. The van der Waals surface area contributed by atoms with Gasteiger partial charge in [0, 0.05) is 32.0 Å². The molecule has 0 atom stereocenters. The zero-order chi connectivity index (χ0) is 22.8. The van der Waals surface area contributed by atoms with Crippen LogP contribution in [-0.2, 0) is 14.8 Å². The fraction of sp³-hybridized carbons (Fsp3) is 0.632. The third kappa shape index (κ3) is 10.4. The highest BCUT2D eigenvalue weighted by Crippen LogP contribution is 2.10. The van der Waals surface area contributed by atoms with Crippen molar-refractivity contribution in [3.8, 4) is 0 Å². The second-order valence-corrected chi connectivity index (χ2v) is 9.99. The zero-order valence-corrected chi connectivity index (χ0v) is 19.4. The smallest absolute Gasteiger partial charge is 0.408 e. The van der Waals surface area contributed by atoms with Crippen molar-refractivity contribution < 1.29 is 17.9 Å². The number of aliphatic imine (C=N–C) groups is 1. The van der Waals surface area contributed by atoms with E-state index in [0.29, 0.717) is 25.6 Å². The molecular formula is C19H34N6O4S. The van der Waals surface area contributed by atoms with Gasteiger partial charge in [-0.05, 0) is 53.7 Å². The van der Waals surface area contributed by atoms with Crippen LogP contribution in [0.5, 0.6) is 0 Å². The Morgan fingerprint density at radius 1 is 1.17 bits per heavy atom. The number of alkyl carbamates (subject to hydrolysis) is 1. The SMILES string of the molecule is CCNC(=NCC(C)(C)NC(=O)OC(C)(C)C)NCCNS(=O)(=O)c1cccnc1. The first-order valence-corrected chi connectivity index (χ1v) is 11.3. The van der Waals surface area contributed by atoms with E-state index in [1.807, 2.05) is 20.8 Å². The first kappa shape index (κ1) is 25.6. The molecule has 4 N–H and O–H groups in total.